The largest absolute Gasteiger partial charge is 0.481 e. The molecular formula is C18H21N3O4. The van der Waals surface area contributed by atoms with Crippen LogP contribution >= 0.6 is 0 Å². The number of aliphatic carboxylic acids is 1. The van der Waals surface area contributed by atoms with Crippen molar-refractivity contribution >= 4 is 17.7 Å². The summed E-state index contributed by atoms with van der Waals surface area (Å²) >= 11 is 0. The molecule has 2 aromatic rings. The lowest BCUT2D eigenvalue weighted by Gasteiger charge is -2.20. The number of rotatable bonds is 6. The summed E-state index contributed by atoms with van der Waals surface area (Å²) in [7, 11) is 1.49. The van der Waals surface area contributed by atoms with Crippen molar-refractivity contribution in [3.05, 3.63) is 64.6 Å². The lowest BCUT2D eigenvalue weighted by molar-refractivity contribution is -0.141. The molecule has 7 heteroatoms. The third-order valence-corrected chi connectivity index (χ3v) is 3.77. The van der Waals surface area contributed by atoms with Gasteiger partial charge in [0.2, 0.25) is 0 Å². The number of hydrogen-bond acceptors (Lipinski definition) is 3. The first-order chi connectivity index (χ1) is 11.9. The van der Waals surface area contributed by atoms with Gasteiger partial charge in [0.1, 0.15) is 5.69 Å². The lowest BCUT2D eigenvalue weighted by atomic mass is 10.2. The van der Waals surface area contributed by atoms with Crippen LogP contribution < -0.4 is 10.9 Å². The van der Waals surface area contributed by atoms with E-state index in [1.54, 1.807) is 12.3 Å². The number of benzene rings is 1. The predicted octanol–water partition coefficient (Wildman–Crippen LogP) is 2.08. The van der Waals surface area contributed by atoms with Gasteiger partial charge in [-0.05, 0) is 17.7 Å². The summed E-state index contributed by atoms with van der Waals surface area (Å²) in [6, 6.07) is 12.2. The van der Waals surface area contributed by atoms with Crippen molar-refractivity contribution in [3.63, 3.8) is 0 Å². The first kappa shape index (κ1) is 18.3. The molecule has 1 atom stereocenters. The number of aromatic nitrogens is 1. The maximum absolute atomic E-state index is 12.5. The highest BCUT2D eigenvalue weighted by molar-refractivity contribution is 5.89. The predicted molar refractivity (Wildman–Crippen MR) is 94.7 cm³/mol. The van der Waals surface area contributed by atoms with Crippen LogP contribution in [-0.4, -0.2) is 40.2 Å². The van der Waals surface area contributed by atoms with Crippen molar-refractivity contribution in [3.8, 4) is 0 Å². The minimum atomic E-state index is -0.982. The van der Waals surface area contributed by atoms with Crippen molar-refractivity contribution < 1.29 is 14.7 Å². The van der Waals surface area contributed by atoms with Gasteiger partial charge in [0.15, 0.2) is 0 Å². The fourth-order valence-corrected chi connectivity index (χ4v) is 2.32. The Morgan fingerprint density at radius 1 is 1.20 bits per heavy atom. The van der Waals surface area contributed by atoms with Crippen molar-refractivity contribution in [1.82, 2.24) is 9.47 Å². The molecule has 2 N–H and O–H groups in total. The molecule has 0 spiro atoms. The van der Waals surface area contributed by atoms with Gasteiger partial charge in [-0.15, -0.1) is 0 Å². The number of amides is 2. The Balaban J connectivity index is 2.10. The van der Waals surface area contributed by atoms with Gasteiger partial charge in [-0.2, -0.15) is 0 Å². The highest BCUT2D eigenvalue weighted by atomic mass is 16.4. The maximum atomic E-state index is 12.5. The van der Waals surface area contributed by atoms with E-state index in [1.165, 1.54) is 29.5 Å². The zero-order valence-electron chi connectivity index (χ0n) is 14.2. The molecule has 1 unspecified atom stereocenters. The zero-order chi connectivity index (χ0) is 18.4. The molecule has 2 rings (SSSR count). The monoisotopic (exact) mass is 343 g/mol. The summed E-state index contributed by atoms with van der Waals surface area (Å²) < 4.78 is 1.50. The van der Waals surface area contributed by atoms with Gasteiger partial charge in [-0.3, -0.25) is 9.59 Å². The summed E-state index contributed by atoms with van der Waals surface area (Å²) in [6.45, 7) is 1.96. The van der Waals surface area contributed by atoms with Crippen LogP contribution in [-0.2, 0) is 11.3 Å². The van der Waals surface area contributed by atoms with Crippen molar-refractivity contribution in [1.29, 1.82) is 0 Å². The van der Waals surface area contributed by atoms with Crippen LogP contribution in [0.2, 0.25) is 0 Å². The van der Waals surface area contributed by atoms with Gasteiger partial charge in [-0.25, -0.2) is 4.79 Å². The second kappa shape index (κ2) is 8.14. The Morgan fingerprint density at radius 3 is 2.52 bits per heavy atom. The van der Waals surface area contributed by atoms with E-state index in [4.69, 9.17) is 5.11 Å². The van der Waals surface area contributed by atoms with E-state index in [2.05, 4.69) is 5.32 Å². The van der Waals surface area contributed by atoms with Crippen molar-refractivity contribution in [2.75, 3.05) is 18.9 Å². The number of hydrogen-bond donors (Lipinski definition) is 2. The van der Waals surface area contributed by atoms with Gasteiger partial charge >= 0.3 is 12.0 Å². The second-order valence-electron chi connectivity index (χ2n) is 5.89. The van der Waals surface area contributed by atoms with Crippen LogP contribution in [0.3, 0.4) is 0 Å². The molecule has 25 heavy (non-hydrogen) atoms. The summed E-state index contributed by atoms with van der Waals surface area (Å²) in [6.07, 6.45) is 1.65. The number of carboxylic acids is 1. The topological polar surface area (TPSA) is 91.6 Å². The van der Waals surface area contributed by atoms with Crippen LogP contribution in [0, 0.1) is 5.92 Å². The SMILES string of the molecule is CC(CN(C)C(=O)Nc1cccn(Cc2ccccc2)c1=O)C(=O)O. The maximum Gasteiger partial charge on any atom is 0.321 e. The van der Waals surface area contributed by atoms with E-state index in [9.17, 15) is 14.4 Å². The molecule has 0 saturated heterocycles. The van der Waals surface area contributed by atoms with Crippen molar-refractivity contribution in [2.24, 2.45) is 5.92 Å². The van der Waals surface area contributed by atoms with Crippen LogP contribution in [0.4, 0.5) is 10.5 Å². The molecular weight excluding hydrogens is 322 g/mol. The molecule has 0 aliphatic heterocycles. The average Bonchev–Trinajstić information content (AvgIpc) is 2.59. The third-order valence-electron chi connectivity index (χ3n) is 3.77. The van der Waals surface area contributed by atoms with E-state index in [-0.39, 0.29) is 17.8 Å². The second-order valence-corrected chi connectivity index (χ2v) is 5.89. The smallest absolute Gasteiger partial charge is 0.321 e. The number of pyridine rings is 1. The van der Waals surface area contributed by atoms with Crippen LogP contribution in [0.15, 0.2) is 53.5 Å². The summed E-state index contributed by atoms with van der Waals surface area (Å²) in [5.41, 5.74) is 0.804. The summed E-state index contributed by atoms with van der Waals surface area (Å²) in [4.78, 5) is 36.8. The molecule has 1 heterocycles. The molecule has 132 valence electrons. The number of anilines is 1. The quantitative estimate of drug-likeness (QED) is 0.840. The minimum absolute atomic E-state index is 0.0478. The fourth-order valence-electron chi connectivity index (χ4n) is 2.32. The molecule has 0 aliphatic rings. The third kappa shape index (κ3) is 4.94. The normalized spacial score (nSPS) is 11.6. The van der Waals surface area contributed by atoms with Gasteiger partial charge in [0.05, 0.1) is 12.5 Å². The molecule has 7 nitrogen and oxygen atoms in total. The molecule has 0 fully saturated rings. The lowest BCUT2D eigenvalue weighted by Crippen LogP contribution is -2.38. The molecule has 0 aliphatic carbocycles. The van der Waals surface area contributed by atoms with Crippen LogP contribution in [0.1, 0.15) is 12.5 Å². The van der Waals surface area contributed by atoms with E-state index in [0.717, 1.165) is 5.56 Å². The fraction of sp³-hybridized carbons (Fsp3) is 0.278. The van der Waals surface area contributed by atoms with Crippen LogP contribution in [0.25, 0.3) is 0 Å². The highest BCUT2D eigenvalue weighted by Gasteiger charge is 2.18. The van der Waals surface area contributed by atoms with E-state index >= 15 is 0 Å². The van der Waals surface area contributed by atoms with Gasteiger partial charge in [0, 0.05) is 19.8 Å². The summed E-state index contributed by atoms with van der Waals surface area (Å²) in [5, 5.41) is 11.5. The number of carbonyl (C=O) groups is 2. The number of urea groups is 1. The molecule has 0 bridgehead atoms. The first-order valence-electron chi connectivity index (χ1n) is 7.86. The zero-order valence-corrected chi connectivity index (χ0v) is 14.2. The number of carbonyl (C=O) groups excluding carboxylic acids is 1. The van der Waals surface area contributed by atoms with Crippen molar-refractivity contribution in [2.45, 2.75) is 13.5 Å². The van der Waals surface area contributed by atoms with Gasteiger partial charge in [-0.1, -0.05) is 37.3 Å². The first-order valence-corrected chi connectivity index (χ1v) is 7.86. The average molecular weight is 343 g/mol. The number of carboxylic acid groups (broad SMARTS) is 1. The number of nitrogens with zero attached hydrogens (tertiary/aromatic N) is 2. The Hall–Kier alpha value is -3.09. The van der Waals surface area contributed by atoms with E-state index < -0.39 is 17.9 Å². The highest BCUT2D eigenvalue weighted by Crippen LogP contribution is 2.06. The molecule has 1 aromatic carbocycles. The standard InChI is InChI=1S/C18H21N3O4/c1-13(17(23)24)11-20(2)18(25)19-15-9-6-10-21(16(15)22)12-14-7-4-3-5-8-14/h3-10,13H,11-12H2,1-2H3,(H,19,25)(H,23,24). The Morgan fingerprint density at radius 2 is 1.88 bits per heavy atom. The van der Waals surface area contributed by atoms with E-state index in [0.29, 0.717) is 6.54 Å². The Labute approximate surface area is 145 Å². The van der Waals surface area contributed by atoms with Gasteiger partial charge < -0.3 is 19.9 Å². The Kier molecular flexibility index (Phi) is 5.94. The number of nitrogens with one attached hydrogen (secondary N) is 1. The minimum Gasteiger partial charge on any atom is -0.481 e. The van der Waals surface area contributed by atoms with Gasteiger partial charge in [0.25, 0.3) is 5.56 Å². The Bertz CT molecular complexity index is 801. The summed E-state index contributed by atoms with van der Waals surface area (Å²) in [5.74, 6) is -1.68. The van der Waals surface area contributed by atoms with E-state index in [1.807, 2.05) is 30.3 Å². The molecule has 2 amide bonds. The van der Waals surface area contributed by atoms with Crippen LogP contribution in [0.5, 0.6) is 0 Å². The molecule has 0 saturated carbocycles. The molecule has 0 radical (unpaired) electrons. The molecule has 1 aromatic heterocycles.